The largest absolute Gasteiger partial charge is 0.496 e. The maximum absolute atomic E-state index is 13.2. The van der Waals surface area contributed by atoms with Gasteiger partial charge in [-0.05, 0) is 30.3 Å². The van der Waals surface area contributed by atoms with E-state index < -0.39 is 6.04 Å². The second kappa shape index (κ2) is 8.46. The number of rotatable bonds is 6. The van der Waals surface area contributed by atoms with Crippen LogP contribution in [-0.4, -0.2) is 27.6 Å². The molecular formula is C22H19FN4O2S. The van der Waals surface area contributed by atoms with Gasteiger partial charge in [0, 0.05) is 35.9 Å². The van der Waals surface area contributed by atoms with Gasteiger partial charge in [-0.1, -0.05) is 18.2 Å². The standard InChI is InChI=1S/C22H19FN4O2S/c1-27-12-11-24-20(27)19(16-5-3-4-6-18(16)29-2)26-21(28)17-13-30-22(25-17)14-7-9-15(23)10-8-14/h3-13,19H,1-2H3,(H,26,28). The molecule has 0 radical (unpaired) electrons. The zero-order valence-electron chi connectivity index (χ0n) is 16.4. The number of carbonyl (C=O) groups is 1. The lowest BCUT2D eigenvalue weighted by Crippen LogP contribution is -2.31. The first-order valence-corrected chi connectivity index (χ1v) is 10.1. The summed E-state index contributed by atoms with van der Waals surface area (Å²) < 4.78 is 20.5. The first-order chi connectivity index (χ1) is 14.6. The van der Waals surface area contributed by atoms with Crippen LogP contribution in [0.3, 0.4) is 0 Å². The lowest BCUT2D eigenvalue weighted by atomic mass is 10.0. The number of methoxy groups -OCH3 is 1. The smallest absolute Gasteiger partial charge is 0.271 e. The van der Waals surface area contributed by atoms with Crippen LogP contribution in [0.1, 0.15) is 27.9 Å². The number of imidazole rings is 1. The molecule has 8 heteroatoms. The van der Waals surface area contributed by atoms with Gasteiger partial charge in [0.25, 0.3) is 5.91 Å². The van der Waals surface area contributed by atoms with Gasteiger partial charge in [-0.25, -0.2) is 14.4 Å². The molecule has 0 spiro atoms. The van der Waals surface area contributed by atoms with E-state index in [-0.39, 0.29) is 17.4 Å². The van der Waals surface area contributed by atoms with Crippen molar-refractivity contribution in [3.8, 4) is 16.3 Å². The quantitative estimate of drug-likeness (QED) is 0.505. The summed E-state index contributed by atoms with van der Waals surface area (Å²) in [4.78, 5) is 21.9. The topological polar surface area (TPSA) is 69.0 Å². The van der Waals surface area contributed by atoms with Gasteiger partial charge in [-0.2, -0.15) is 0 Å². The van der Waals surface area contributed by atoms with Crippen molar-refractivity contribution < 1.29 is 13.9 Å². The van der Waals surface area contributed by atoms with Gasteiger partial charge in [0.1, 0.15) is 34.1 Å². The summed E-state index contributed by atoms with van der Waals surface area (Å²) >= 11 is 1.33. The molecular weight excluding hydrogens is 403 g/mol. The van der Waals surface area contributed by atoms with Crippen LogP contribution < -0.4 is 10.1 Å². The third kappa shape index (κ3) is 3.95. The highest BCUT2D eigenvalue weighted by Gasteiger charge is 2.25. The van der Waals surface area contributed by atoms with Crippen molar-refractivity contribution in [2.75, 3.05) is 7.11 Å². The summed E-state index contributed by atoms with van der Waals surface area (Å²) in [6, 6.07) is 13.0. The van der Waals surface area contributed by atoms with Crippen molar-refractivity contribution in [1.29, 1.82) is 0 Å². The Morgan fingerprint density at radius 3 is 2.67 bits per heavy atom. The SMILES string of the molecule is COc1ccccc1C(NC(=O)c1csc(-c2ccc(F)cc2)n1)c1nccn1C. The van der Waals surface area contributed by atoms with Crippen molar-refractivity contribution in [2.24, 2.45) is 7.05 Å². The van der Waals surface area contributed by atoms with Crippen LogP contribution in [0.5, 0.6) is 5.75 Å². The fourth-order valence-electron chi connectivity index (χ4n) is 3.15. The minimum Gasteiger partial charge on any atom is -0.496 e. The molecule has 1 N–H and O–H groups in total. The van der Waals surface area contributed by atoms with Crippen LogP contribution in [0.25, 0.3) is 10.6 Å². The van der Waals surface area contributed by atoms with E-state index in [0.29, 0.717) is 16.6 Å². The normalized spacial score (nSPS) is 11.8. The summed E-state index contributed by atoms with van der Waals surface area (Å²) in [5.41, 5.74) is 1.83. The number of para-hydroxylation sites is 1. The minimum absolute atomic E-state index is 0.286. The monoisotopic (exact) mass is 422 g/mol. The summed E-state index contributed by atoms with van der Waals surface area (Å²) in [5, 5.41) is 5.35. The van der Waals surface area contributed by atoms with Gasteiger partial charge in [-0.3, -0.25) is 4.79 Å². The number of nitrogens with zero attached hydrogens (tertiary/aromatic N) is 3. The summed E-state index contributed by atoms with van der Waals surface area (Å²) in [6.07, 6.45) is 3.50. The van der Waals surface area contributed by atoms with E-state index in [1.807, 2.05) is 42.1 Å². The highest BCUT2D eigenvalue weighted by atomic mass is 32.1. The maximum Gasteiger partial charge on any atom is 0.271 e. The minimum atomic E-state index is -0.523. The lowest BCUT2D eigenvalue weighted by molar-refractivity contribution is 0.0936. The Bertz CT molecular complexity index is 1170. The number of amides is 1. The number of hydrogen-bond donors (Lipinski definition) is 1. The Balaban J connectivity index is 1.64. The zero-order chi connectivity index (χ0) is 21.1. The molecule has 6 nitrogen and oxygen atoms in total. The number of hydrogen-bond acceptors (Lipinski definition) is 5. The molecule has 0 fully saturated rings. The van der Waals surface area contributed by atoms with Crippen LogP contribution in [0.2, 0.25) is 0 Å². The Labute approximate surface area is 177 Å². The fourth-order valence-corrected chi connectivity index (χ4v) is 3.96. The Hall–Kier alpha value is -3.52. The molecule has 0 saturated carbocycles. The van der Waals surface area contributed by atoms with Gasteiger partial charge in [0.15, 0.2) is 0 Å². The van der Waals surface area contributed by atoms with Crippen LogP contribution in [0.4, 0.5) is 4.39 Å². The number of thiazole rings is 1. The second-order valence-corrected chi connectivity index (χ2v) is 7.45. The molecule has 152 valence electrons. The van der Waals surface area contributed by atoms with E-state index in [9.17, 15) is 9.18 Å². The molecule has 2 aromatic heterocycles. The number of ether oxygens (including phenoxy) is 1. The highest BCUT2D eigenvalue weighted by molar-refractivity contribution is 7.13. The molecule has 2 aromatic carbocycles. The molecule has 1 atom stereocenters. The molecule has 1 unspecified atom stereocenters. The van der Waals surface area contributed by atoms with Crippen molar-refractivity contribution in [3.05, 3.63) is 89.2 Å². The first kappa shape index (κ1) is 19.8. The highest BCUT2D eigenvalue weighted by Crippen LogP contribution is 2.30. The van der Waals surface area contributed by atoms with Gasteiger partial charge < -0.3 is 14.6 Å². The van der Waals surface area contributed by atoms with E-state index in [4.69, 9.17) is 4.74 Å². The molecule has 0 saturated heterocycles. The zero-order valence-corrected chi connectivity index (χ0v) is 17.2. The third-order valence-corrected chi connectivity index (χ3v) is 5.56. The molecule has 0 bridgehead atoms. The van der Waals surface area contributed by atoms with Crippen LogP contribution >= 0.6 is 11.3 Å². The van der Waals surface area contributed by atoms with Crippen molar-refractivity contribution in [3.63, 3.8) is 0 Å². The van der Waals surface area contributed by atoms with Crippen LogP contribution in [-0.2, 0) is 7.05 Å². The average Bonchev–Trinajstić information content (AvgIpc) is 3.42. The van der Waals surface area contributed by atoms with Gasteiger partial charge in [0.05, 0.1) is 7.11 Å². The van der Waals surface area contributed by atoms with E-state index >= 15 is 0 Å². The fraction of sp³-hybridized carbons (Fsp3) is 0.136. The van der Waals surface area contributed by atoms with Gasteiger partial charge >= 0.3 is 0 Å². The molecule has 0 aliphatic heterocycles. The third-order valence-electron chi connectivity index (χ3n) is 4.67. The van der Waals surface area contributed by atoms with Crippen molar-refractivity contribution >= 4 is 17.2 Å². The molecule has 0 aliphatic rings. The lowest BCUT2D eigenvalue weighted by Gasteiger charge is -2.20. The number of nitrogens with one attached hydrogen (secondary N) is 1. The Morgan fingerprint density at radius 1 is 1.20 bits per heavy atom. The Morgan fingerprint density at radius 2 is 1.97 bits per heavy atom. The molecule has 1 amide bonds. The summed E-state index contributed by atoms with van der Waals surface area (Å²) in [6.45, 7) is 0. The van der Waals surface area contributed by atoms with E-state index in [2.05, 4.69) is 15.3 Å². The van der Waals surface area contributed by atoms with E-state index in [0.717, 1.165) is 11.1 Å². The number of halogens is 1. The van der Waals surface area contributed by atoms with Crippen LogP contribution in [0.15, 0.2) is 66.3 Å². The van der Waals surface area contributed by atoms with Gasteiger partial charge in [0.2, 0.25) is 0 Å². The van der Waals surface area contributed by atoms with Crippen molar-refractivity contribution in [1.82, 2.24) is 19.9 Å². The first-order valence-electron chi connectivity index (χ1n) is 9.19. The molecule has 4 aromatic rings. The van der Waals surface area contributed by atoms with Crippen molar-refractivity contribution in [2.45, 2.75) is 6.04 Å². The molecule has 2 heterocycles. The average molecular weight is 422 g/mol. The summed E-state index contributed by atoms with van der Waals surface area (Å²) in [5.74, 6) is 0.666. The van der Waals surface area contributed by atoms with E-state index in [1.165, 1.54) is 23.5 Å². The predicted octanol–water partition coefficient (Wildman–Crippen LogP) is 4.21. The maximum atomic E-state index is 13.2. The number of benzene rings is 2. The molecule has 4 rings (SSSR count). The Kier molecular flexibility index (Phi) is 5.58. The van der Waals surface area contributed by atoms with Crippen LogP contribution in [0, 0.1) is 5.82 Å². The van der Waals surface area contributed by atoms with Gasteiger partial charge in [-0.15, -0.1) is 11.3 Å². The molecule has 0 aliphatic carbocycles. The summed E-state index contributed by atoms with van der Waals surface area (Å²) in [7, 11) is 3.46. The number of carbonyl (C=O) groups excluding carboxylic acids is 1. The second-order valence-electron chi connectivity index (χ2n) is 6.59. The predicted molar refractivity (Wildman–Crippen MR) is 113 cm³/mol. The number of aryl methyl sites for hydroxylation is 1. The van der Waals surface area contributed by atoms with E-state index in [1.54, 1.807) is 30.8 Å². The number of aromatic nitrogens is 3. The molecule has 30 heavy (non-hydrogen) atoms.